The van der Waals surface area contributed by atoms with Crippen molar-refractivity contribution in [2.24, 2.45) is 0 Å². The van der Waals surface area contributed by atoms with Gasteiger partial charge in [0.25, 0.3) is 5.91 Å². The van der Waals surface area contributed by atoms with Crippen molar-refractivity contribution in [3.63, 3.8) is 0 Å². The molecular weight excluding hydrogens is 328 g/mol. The molecule has 1 unspecified atom stereocenters. The summed E-state index contributed by atoms with van der Waals surface area (Å²) in [5.74, 6) is -0.0417. The van der Waals surface area contributed by atoms with Gasteiger partial charge in [0, 0.05) is 22.8 Å². The van der Waals surface area contributed by atoms with Gasteiger partial charge in [0.15, 0.2) is 5.69 Å². The summed E-state index contributed by atoms with van der Waals surface area (Å²) in [6.45, 7) is 3.41. The lowest BCUT2D eigenvalue weighted by molar-refractivity contribution is 0.0692. The van der Waals surface area contributed by atoms with Crippen LogP contribution in [-0.4, -0.2) is 32.3 Å². The van der Waals surface area contributed by atoms with Crippen LogP contribution in [0.1, 0.15) is 38.8 Å². The summed E-state index contributed by atoms with van der Waals surface area (Å²) >= 11 is 3.47. The second-order valence-corrected chi connectivity index (χ2v) is 7.41. The molecule has 1 aliphatic heterocycles. The highest BCUT2D eigenvalue weighted by Gasteiger charge is 2.34. The van der Waals surface area contributed by atoms with Crippen molar-refractivity contribution in [2.45, 2.75) is 25.9 Å². The molecule has 0 bridgehead atoms. The van der Waals surface area contributed by atoms with Gasteiger partial charge in [-0.1, -0.05) is 11.3 Å². The highest BCUT2D eigenvalue weighted by molar-refractivity contribution is 7.10. The molecule has 1 amide bonds. The lowest BCUT2D eigenvalue weighted by atomic mass is 9.98. The van der Waals surface area contributed by atoms with Crippen molar-refractivity contribution in [1.82, 2.24) is 19.9 Å². The fourth-order valence-electron chi connectivity index (χ4n) is 2.99. The number of thiophene rings is 2. The summed E-state index contributed by atoms with van der Waals surface area (Å²) in [5.41, 5.74) is 1.67. The molecule has 0 saturated heterocycles. The monoisotopic (exact) mass is 344 g/mol. The minimum Gasteiger partial charge on any atom is -0.325 e. The molecule has 0 aromatic carbocycles. The first-order valence-electron chi connectivity index (χ1n) is 7.58. The molecule has 1 aliphatic rings. The Labute approximate surface area is 142 Å². The first-order valence-corrected chi connectivity index (χ1v) is 9.34. The van der Waals surface area contributed by atoms with Crippen molar-refractivity contribution < 1.29 is 4.79 Å². The minimum absolute atomic E-state index is 0.00993. The van der Waals surface area contributed by atoms with Crippen LogP contribution in [-0.2, 0) is 13.0 Å². The van der Waals surface area contributed by atoms with Crippen molar-refractivity contribution in [1.29, 1.82) is 0 Å². The number of amides is 1. The van der Waals surface area contributed by atoms with E-state index in [1.165, 1.54) is 15.3 Å². The third-order valence-corrected chi connectivity index (χ3v) is 6.04. The molecule has 3 aromatic rings. The zero-order valence-corrected chi connectivity index (χ0v) is 14.3. The van der Waals surface area contributed by atoms with Gasteiger partial charge < -0.3 is 4.90 Å². The average molecular weight is 344 g/mol. The fourth-order valence-corrected chi connectivity index (χ4v) is 4.75. The van der Waals surface area contributed by atoms with Gasteiger partial charge in [-0.25, -0.2) is 0 Å². The van der Waals surface area contributed by atoms with Crippen LogP contribution in [0.2, 0.25) is 0 Å². The van der Waals surface area contributed by atoms with E-state index in [0.29, 0.717) is 18.8 Å². The van der Waals surface area contributed by atoms with Gasteiger partial charge in [-0.2, -0.15) is 0 Å². The van der Waals surface area contributed by atoms with Gasteiger partial charge >= 0.3 is 0 Å². The summed E-state index contributed by atoms with van der Waals surface area (Å²) < 4.78 is 1.69. The number of aryl methyl sites for hydroxylation is 1. The summed E-state index contributed by atoms with van der Waals surface area (Å²) in [7, 11) is 0. The summed E-state index contributed by atoms with van der Waals surface area (Å²) in [6.07, 6.45) is 2.64. The maximum Gasteiger partial charge on any atom is 0.276 e. The molecule has 0 aliphatic carbocycles. The van der Waals surface area contributed by atoms with E-state index in [4.69, 9.17) is 0 Å². The maximum atomic E-state index is 13.0. The molecule has 7 heteroatoms. The van der Waals surface area contributed by atoms with Crippen molar-refractivity contribution >= 4 is 28.6 Å². The molecule has 1 atom stereocenters. The Morgan fingerprint density at radius 2 is 2.26 bits per heavy atom. The number of fused-ring (bicyclic) bond motifs is 1. The highest BCUT2D eigenvalue weighted by Crippen LogP contribution is 2.39. The normalized spacial score (nSPS) is 17.3. The number of hydrogen-bond donors (Lipinski definition) is 0. The fraction of sp³-hybridized carbons (Fsp3) is 0.312. The largest absolute Gasteiger partial charge is 0.325 e. The highest BCUT2D eigenvalue weighted by atomic mass is 32.1. The Bertz CT molecular complexity index is 821. The van der Waals surface area contributed by atoms with E-state index in [9.17, 15) is 4.79 Å². The molecule has 118 valence electrons. The average Bonchev–Trinajstić information content (AvgIpc) is 3.33. The van der Waals surface area contributed by atoms with Crippen molar-refractivity contribution in [2.75, 3.05) is 6.54 Å². The van der Waals surface area contributed by atoms with Crippen LogP contribution in [0.4, 0.5) is 0 Å². The quantitative estimate of drug-likeness (QED) is 0.733. The van der Waals surface area contributed by atoms with E-state index < -0.39 is 0 Å². The van der Waals surface area contributed by atoms with Gasteiger partial charge in [0.05, 0.1) is 12.2 Å². The van der Waals surface area contributed by atoms with Crippen LogP contribution in [0, 0.1) is 0 Å². The second-order valence-electron chi connectivity index (χ2n) is 5.43. The predicted molar refractivity (Wildman–Crippen MR) is 90.9 cm³/mol. The predicted octanol–water partition coefficient (Wildman–Crippen LogP) is 3.21. The van der Waals surface area contributed by atoms with Crippen LogP contribution < -0.4 is 0 Å². The number of rotatable bonds is 3. The third kappa shape index (κ3) is 2.49. The zero-order chi connectivity index (χ0) is 15.8. The summed E-state index contributed by atoms with van der Waals surface area (Å²) in [4.78, 5) is 17.5. The van der Waals surface area contributed by atoms with Gasteiger partial charge in [0.2, 0.25) is 0 Å². The molecule has 0 fully saturated rings. The topological polar surface area (TPSA) is 51.0 Å². The molecular formula is C16H16N4OS2. The van der Waals surface area contributed by atoms with E-state index in [2.05, 4.69) is 33.2 Å². The molecule has 4 rings (SSSR count). The Balaban J connectivity index is 1.73. The lowest BCUT2D eigenvalue weighted by Crippen LogP contribution is -2.40. The standard InChI is InChI=1S/C16H16N4OS2/c1-2-19-10-12(17-18-19)16(21)20-7-5-13-11(6-9-23-13)15(20)14-4-3-8-22-14/h3-4,6,8-10,15H,2,5,7H2,1H3. The van der Waals surface area contributed by atoms with Crippen LogP contribution in [0.25, 0.3) is 0 Å². The molecule has 0 saturated carbocycles. The smallest absolute Gasteiger partial charge is 0.276 e. The number of hydrogen-bond acceptors (Lipinski definition) is 5. The Hall–Kier alpha value is -1.99. The van der Waals surface area contributed by atoms with Crippen molar-refractivity contribution in [3.05, 3.63) is 56.2 Å². The molecule has 0 N–H and O–H groups in total. The number of aromatic nitrogens is 3. The van der Waals surface area contributed by atoms with E-state index in [-0.39, 0.29) is 11.9 Å². The lowest BCUT2D eigenvalue weighted by Gasteiger charge is -2.35. The van der Waals surface area contributed by atoms with Gasteiger partial charge in [-0.3, -0.25) is 9.48 Å². The number of carbonyl (C=O) groups is 1. The Morgan fingerprint density at radius 3 is 3.00 bits per heavy atom. The third-order valence-electron chi connectivity index (χ3n) is 4.12. The molecule has 0 spiro atoms. The number of carbonyl (C=O) groups excluding carboxylic acids is 1. The minimum atomic E-state index is -0.0417. The number of nitrogens with zero attached hydrogens (tertiary/aromatic N) is 4. The summed E-state index contributed by atoms with van der Waals surface area (Å²) in [6, 6.07) is 6.28. The molecule has 5 nitrogen and oxygen atoms in total. The zero-order valence-electron chi connectivity index (χ0n) is 12.7. The van der Waals surface area contributed by atoms with Crippen LogP contribution in [0.15, 0.2) is 35.2 Å². The van der Waals surface area contributed by atoms with E-state index >= 15 is 0 Å². The second kappa shape index (κ2) is 5.90. The molecule has 3 aromatic heterocycles. The summed E-state index contributed by atoms with van der Waals surface area (Å²) in [5, 5.41) is 12.2. The van der Waals surface area contributed by atoms with Crippen LogP contribution in [0.3, 0.4) is 0 Å². The van der Waals surface area contributed by atoms with E-state index in [1.54, 1.807) is 33.6 Å². The maximum absolute atomic E-state index is 13.0. The molecule has 4 heterocycles. The van der Waals surface area contributed by atoms with Gasteiger partial charge in [0.1, 0.15) is 0 Å². The van der Waals surface area contributed by atoms with Crippen LogP contribution in [0.5, 0.6) is 0 Å². The van der Waals surface area contributed by atoms with Crippen molar-refractivity contribution in [3.8, 4) is 0 Å². The van der Waals surface area contributed by atoms with Gasteiger partial charge in [-0.05, 0) is 41.8 Å². The first kappa shape index (κ1) is 14.6. The Morgan fingerprint density at radius 1 is 1.35 bits per heavy atom. The van der Waals surface area contributed by atoms with Crippen LogP contribution >= 0.6 is 22.7 Å². The van der Waals surface area contributed by atoms with E-state index in [0.717, 1.165) is 6.42 Å². The first-order chi connectivity index (χ1) is 11.3. The van der Waals surface area contributed by atoms with Gasteiger partial charge in [-0.15, -0.1) is 27.8 Å². The molecule has 0 radical (unpaired) electrons. The Kier molecular flexibility index (Phi) is 3.74. The molecule has 23 heavy (non-hydrogen) atoms. The SMILES string of the molecule is CCn1cc(C(=O)N2CCc3sccc3C2c2cccs2)nn1. The van der Waals surface area contributed by atoms with E-state index in [1.807, 2.05) is 17.9 Å².